The second-order valence-corrected chi connectivity index (χ2v) is 5.14. The van der Waals surface area contributed by atoms with Gasteiger partial charge in [-0.1, -0.05) is 0 Å². The molecule has 2 aromatic heterocycles. The van der Waals surface area contributed by atoms with Crippen molar-refractivity contribution in [2.75, 3.05) is 7.05 Å². The first-order valence-electron chi connectivity index (χ1n) is 4.65. The third-order valence-electron chi connectivity index (χ3n) is 2.08. The minimum atomic E-state index is 0.771. The van der Waals surface area contributed by atoms with Crippen molar-refractivity contribution in [3.05, 3.63) is 27.4 Å². The van der Waals surface area contributed by atoms with Gasteiger partial charge in [-0.25, -0.2) is 4.98 Å². The number of aryl methyl sites for hydroxylation is 1. The van der Waals surface area contributed by atoms with Crippen LogP contribution >= 0.6 is 27.3 Å². The first kappa shape index (κ1) is 10.9. The molecule has 2 N–H and O–H groups in total. The van der Waals surface area contributed by atoms with Crippen LogP contribution in [0.25, 0.3) is 10.6 Å². The molecule has 0 aliphatic rings. The van der Waals surface area contributed by atoms with Gasteiger partial charge in [-0.05, 0) is 36.0 Å². The monoisotopic (exact) mass is 285 g/mol. The second-order valence-electron chi connectivity index (χ2n) is 3.32. The van der Waals surface area contributed by atoms with Gasteiger partial charge in [-0.15, -0.1) is 11.3 Å². The normalized spacial score (nSPS) is 10.9. The maximum Gasteiger partial charge on any atom is 0.121 e. The minimum Gasteiger partial charge on any atom is -0.344 e. The molecule has 0 bridgehead atoms. The van der Waals surface area contributed by atoms with Crippen molar-refractivity contribution in [3.8, 4) is 10.6 Å². The van der Waals surface area contributed by atoms with E-state index >= 15 is 0 Å². The minimum absolute atomic E-state index is 0.771. The smallest absolute Gasteiger partial charge is 0.121 e. The molecule has 2 heterocycles. The van der Waals surface area contributed by atoms with Crippen LogP contribution in [0.4, 0.5) is 0 Å². The summed E-state index contributed by atoms with van der Waals surface area (Å²) in [5.74, 6) is 0.981. The molecule has 2 aromatic rings. The Hall–Kier alpha value is -0.650. The summed E-state index contributed by atoms with van der Waals surface area (Å²) < 4.78 is 1.11. The van der Waals surface area contributed by atoms with Crippen molar-refractivity contribution in [3.63, 3.8) is 0 Å². The summed E-state index contributed by atoms with van der Waals surface area (Å²) in [5.41, 5.74) is 2.17. The fourth-order valence-corrected chi connectivity index (χ4v) is 2.92. The Kier molecular flexibility index (Phi) is 3.23. The zero-order valence-electron chi connectivity index (χ0n) is 8.60. The molecule has 0 atom stereocenters. The van der Waals surface area contributed by atoms with Crippen LogP contribution in [0, 0.1) is 6.92 Å². The summed E-state index contributed by atoms with van der Waals surface area (Å²) in [4.78, 5) is 9.02. The average Bonchev–Trinajstić information content (AvgIpc) is 2.73. The molecule has 0 unspecified atom stereocenters. The lowest BCUT2D eigenvalue weighted by atomic mass is 10.3. The van der Waals surface area contributed by atoms with Crippen molar-refractivity contribution < 1.29 is 0 Å². The molecule has 0 aliphatic carbocycles. The van der Waals surface area contributed by atoms with E-state index in [9.17, 15) is 0 Å². The summed E-state index contributed by atoms with van der Waals surface area (Å²) in [7, 11) is 1.92. The lowest BCUT2D eigenvalue weighted by molar-refractivity contribution is 0.771. The Labute approximate surface area is 101 Å². The highest BCUT2D eigenvalue weighted by Gasteiger charge is 2.10. The highest BCUT2D eigenvalue weighted by molar-refractivity contribution is 9.10. The van der Waals surface area contributed by atoms with Crippen LogP contribution < -0.4 is 5.32 Å². The molecule has 80 valence electrons. The molecule has 0 aliphatic heterocycles. The van der Waals surface area contributed by atoms with E-state index in [1.54, 1.807) is 11.3 Å². The Morgan fingerprint density at radius 2 is 2.40 bits per heavy atom. The zero-order valence-corrected chi connectivity index (χ0v) is 11.0. The Morgan fingerprint density at radius 1 is 1.60 bits per heavy atom. The van der Waals surface area contributed by atoms with Crippen LogP contribution in [-0.4, -0.2) is 17.0 Å². The Bertz CT molecular complexity index is 461. The van der Waals surface area contributed by atoms with Crippen molar-refractivity contribution >= 4 is 27.3 Å². The third-order valence-corrected chi connectivity index (χ3v) is 3.78. The molecule has 0 amide bonds. The number of hydrogen-bond donors (Lipinski definition) is 2. The average molecular weight is 286 g/mol. The molecule has 3 nitrogen and oxygen atoms in total. The number of nitrogens with zero attached hydrogens (tertiary/aromatic N) is 1. The van der Waals surface area contributed by atoms with Gasteiger partial charge in [-0.3, -0.25) is 0 Å². The maximum absolute atomic E-state index is 4.55. The zero-order chi connectivity index (χ0) is 10.8. The summed E-state index contributed by atoms with van der Waals surface area (Å²) >= 11 is 5.15. The number of thiophene rings is 1. The van der Waals surface area contributed by atoms with Gasteiger partial charge in [0.1, 0.15) is 11.5 Å². The number of aromatic nitrogens is 2. The summed E-state index contributed by atoms with van der Waals surface area (Å²) in [6.45, 7) is 2.82. The largest absolute Gasteiger partial charge is 0.344 e. The lowest BCUT2D eigenvalue weighted by Gasteiger charge is -1.91. The third kappa shape index (κ3) is 2.30. The molecule has 0 fully saturated rings. The van der Waals surface area contributed by atoms with Crippen LogP contribution in [0.3, 0.4) is 0 Å². The number of hydrogen-bond acceptors (Lipinski definition) is 3. The molecular weight excluding hydrogens is 274 g/mol. The first-order chi connectivity index (χ1) is 7.20. The van der Waals surface area contributed by atoms with Gasteiger partial charge in [0.15, 0.2) is 0 Å². The van der Waals surface area contributed by atoms with Crippen LogP contribution in [0.5, 0.6) is 0 Å². The van der Waals surface area contributed by atoms with E-state index in [4.69, 9.17) is 0 Å². The van der Waals surface area contributed by atoms with E-state index in [2.05, 4.69) is 49.6 Å². The summed E-state index contributed by atoms with van der Waals surface area (Å²) in [5, 5.41) is 5.15. The number of aromatic amines is 1. The predicted molar refractivity (Wildman–Crippen MR) is 67.1 cm³/mol. The topological polar surface area (TPSA) is 40.7 Å². The Balaban J connectivity index is 2.35. The molecule has 5 heteroatoms. The summed E-state index contributed by atoms with van der Waals surface area (Å²) in [6, 6.07) is 2.09. The first-order valence-corrected chi connectivity index (χ1v) is 6.32. The van der Waals surface area contributed by atoms with Crippen LogP contribution in [-0.2, 0) is 6.54 Å². The van der Waals surface area contributed by atoms with Crippen molar-refractivity contribution in [1.29, 1.82) is 0 Å². The van der Waals surface area contributed by atoms with E-state index in [1.807, 2.05) is 7.05 Å². The molecule has 0 radical (unpaired) electrons. The van der Waals surface area contributed by atoms with Crippen molar-refractivity contribution in [2.24, 2.45) is 0 Å². The van der Waals surface area contributed by atoms with Gasteiger partial charge in [-0.2, -0.15) is 0 Å². The van der Waals surface area contributed by atoms with E-state index in [0.29, 0.717) is 0 Å². The van der Waals surface area contributed by atoms with Gasteiger partial charge < -0.3 is 10.3 Å². The van der Waals surface area contributed by atoms with Gasteiger partial charge in [0.05, 0.1) is 11.4 Å². The second kappa shape index (κ2) is 4.47. The molecule has 0 saturated heterocycles. The fourth-order valence-electron chi connectivity index (χ4n) is 1.45. The standard InChI is InChI=1S/C10H12BrN3S/c1-6-10(8-3-7(11)5-15-8)14-9(13-6)4-12-2/h3,5,12H,4H2,1-2H3,(H,13,14). The van der Waals surface area contributed by atoms with Crippen molar-refractivity contribution in [2.45, 2.75) is 13.5 Å². The van der Waals surface area contributed by atoms with E-state index in [1.165, 1.54) is 4.88 Å². The fraction of sp³-hybridized carbons (Fsp3) is 0.300. The van der Waals surface area contributed by atoms with Gasteiger partial charge >= 0.3 is 0 Å². The van der Waals surface area contributed by atoms with Crippen LogP contribution in [0.2, 0.25) is 0 Å². The highest BCUT2D eigenvalue weighted by Crippen LogP contribution is 2.30. The quantitative estimate of drug-likeness (QED) is 0.910. The van der Waals surface area contributed by atoms with Gasteiger partial charge in [0.25, 0.3) is 0 Å². The van der Waals surface area contributed by atoms with Gasteiger partial charge in [0, 0.05) is 15.5 Å². The number of nitrogens with one attached hydrogen (secondary N) is 2. The number of H-pyrrole nitrogens is 1. The van der Waals surface area contributed by atoms with E-state index in [-0.39, 0.29) is 0 Å². The maximum atomic E-state index is 4.55. The molecule has 0 spiro atoms. The van der Waals surface area contributed by atoms with E-state index in [0.717, 1.165) is 28.2 Å². The van der Waals surface area contributed by atoms with Crippen LogP contribution in [0.15, 0.2) is 15.9 Å². The molecule has 2 rings (SSSR count). The SMILES string of the molecule is CNCc1nc(-c2cc(Br)cs2)c(C)[nH]1. The highest BCUT2D eigenvalue weighted by atomic mass is 79.9. The summed E-state index contributed by atoms with van der Waals surface area (Å²) in [6.07, 6.45) is 0. The van der Waals surface area contributed by atoms with E-state index < -0.39 is 0 Å². The molecular formula is C10H12BrN3S. The van der Waals surface area contributed by atoms with Crippen LogP contribution in [0.1, 0.15) is 11.5 Å². The number of imidazole rings is 1. The van der Waals surface area contributed by atoms with Crippen molar-refractivity contribution in [1.82, 2.24) is 15.3 Å². The molecule has 0 aromatic carbocycles. The predicted octanol–water partition coefficient (Wildman–Crippen LogP) is 2.93. The Morgan fingerprint density at radius 3 is 3.00 bits per heavy atom. The lowest BCUT2D eigenvalue weighted by Crippen LogP contribution is -2.06. The number of rotatable bonds is 3. The molecule has 15 heavy (non-hydrogen) atoms. The van der Waals surface area contributed by atoms with Gasteiger partial charge in [0.2, 0.25) is 0 Å². The number of halogens is 1. The molecule has 0 saturated carbocycles.